The van der Waals surface area contributed by atoms with Crippen molar-refractivity contribution in [1.29, 1.82) is 0 Å². The lowest BCUT2D eigenvalue weighted by Gasteiger charge is -2.14. The largest absolute Gasteiger partial charge is 0.480 e. The van der Waals surface area contributed by atoms with Gasteiger partial charge in [-0.3, -0.25) is 4.79 Å². The van der Waals surface area contributed by atoms with Crippen molar-refractivity contribution in [3.8, 4) is 5.75 Å². The van der Waals surface area contributed by atoms with Gasteiger partial charge in [0.15, 0.2) is 6.61 Å². The van der Waals surface area contributed by atoms with Crippen LogP contribution in [0.5, 0.6) is 5.75 Å². The Kier molecular flexibility index (Phi) is 8.83. The molecule has 174 valence electrons. The first-order valence-electron chi connectivity index (χ1n) is 10.3. The van der Waals surface area contributed by atoms with Crippen molar-refractivity contribution in [2.75, 3.05) is 13.2 Å². The average Bonchev–Trinajstić information content (AvgIpc) is 2.77. The van der Waals surface area contributed by atoms with Gasteiger partial charge in [0.2, 0.25) is 0 Å². The van der Waals surface area contributed by atoms with E-state index in [1.165, 1.54) is 4.68 Å². The number of hydrogen-bond donors (Lipinski definition) is 0. The minimum Gasteiger partial charge on any atom is -0.480 e. The summed E-state index contributed by atoms with van der Waals surface area (Å²) in [6.45, 7) is 5.88. The summed E-state index contributed by atoms with van der Waals surface area (Å²) in [5.41, 5.74) is 1.12. The van der Waals surface area contributed by atoms with E-state index < -0.39 is 5.97 Å². The Morgan fingerprint density at radius 2 is 1.88 bits per heavy atom. The number of carbonyl (C=O) groups is 1. The van der Waals surface area contributed by atoms with E-state index >= 15 is 0 Å². The van der Waals surface area contributed by atoms with Crippen LogP contribution in [-0.4, -0.2) is 35.1 Å². The molecule has 10 heteroatoms. The van der Waals surface area contributed by atoms with E-state index in [9.17, 15) is 9.59 Å². The molecule has 0 aliphatic heterocycles. The summed E-state index contributed by atoms with van der Waals surface area (Å²) in [6.07, 6.45) is 2.40. The molecule has 0 fully saturated rings. The number of benzene rings is 2. The van der Waals surface area contributed by atoms with Gasteiger partial charge in [0, 0.05) is 10.4 Å². The number of halogens is 3. The highest BCUT2D eigenvalue weighted by Gasteiger charge is 2.16. The average molecular weight is 644 g/mol. The Labute approximate surface area is 216 Å². The Morgan fingerprint density at radius 1 is 1.18 bits per heavy atom. The maximum Gasteiger partial charge on any atom is 0.344 e. The Morgan fingerprint density at radius 3 is 2.52 bits per heavy atom. The van der Waals surface area contributed by atoms with Crippen LogP contribution in [0, 0.1) is 0 Å². The molecule has 2 aromatic carbocycles. The van der Waals surface area contributed by atoms with Crippen LogP contribution in [-0.2, 0) is 9.53 Å². The molecule has 0 amide bonds. The lowest BCUT2D eigenvalue weighted by atomic mass is 10.1. The van der Waals surface area contributed by atoms with E-state index in [1.807, 2.05) is 26.0 Å². The summed E-state index contributed by atoms with van der Waals surface area (Å²) in [5, 5.41) is 4.96. The molecular formula is C23H22Br3N3O4. The van der Waals surface area contributed by atoms with E-state index in [1.54, 1.807) is 31.3 Å². The zero-order chi connectivity index (χ0) is 24.1. The lowest BCUT2D eigenvalue weighted by molar-refractivity contribution is -0.145. The van der Waals surface area contributed by atoms with Crippen LogP contribution in [0.2, 0.25) is 0 Å². The van der Waals surface area contributed by atoms with E-state index in [-0.39, 0.29) is 18.1 Å². The van der Waals surface area contributed by atoms with Gasteiger partial charge in [-0.05, 0) is 81.1 Å². The highest BCUT2D eigenvalue weighted by molar-refractivity contribution is 9.11. The molecule has 1 atom stereocenters. The van der Waals surface area contributed by atoms with Crippen LogP contribution in [0.3, 0.4) is 0 Å². The van der Waals surface area contributed by atoms with Crippen molar-refractivity contribution in [2.24, 2.45) is 5.10 Å². The molecule has 0 unspecified atom stereocenters. The number of esters is 1. The molecule has 7 nitrogen and oxygen atoms in total. The second kappa shape index (κ2) is 11.4. The normalized spacial score (nSPS) is 12.3. The quantitative estimate of drug-likeness (QED) is 0.221. The third kappa shape index (κ3) is 6.10. The van der Waals surface area contributed by atoms with Gasteiger partial charge in [0.1, 0.15) is 11.6 Å². The molecule has 3 rings (SSSR count). The summed E-state index contributed by atoms with van der Waals surface area (Å²) >= 11 is 10.3. The molecule has 0 aliphatic carbocycles. The van der Waals surface area contributed by atoms with Gasteiger partial charge in [-0.15, -0.1) is 0 Å². The summed E-state index contributed by atoms with van der Waals surface area (Å²) in [6, 6.07) is 9.01. The van der Waals surface area contributed by atoms with E-state index in [4.69, 9.17) is 14.5 Å². The van der Waals surface area contributed by atoms with Gasteiger partial charge in [-0.1, -0.05) is 29.8 Å². The molecule has 1 aromatic heterocycles. The molecule has 0 saturated carbocycles. The molecule has 0 spiro atoms. The Hall–Kier alpha value is -2.04. The second-order valence-electron chi connectivity index (χ2n) is 7.21. The fourth-order valence-electron chi connectivity index (χ4n) is 3.03. The Bertz CT molecular complexity index is 1250. The van der Waals surface area contributed by atoms with Crippen LogP contribution in [0.15, 0.2) is 53.6 Å². The molecule has 0 saturated heterocycles. The maximum absolute atomic E-state index is 13.2. The highest BCUT2D eigenvalue weighted by atomic mass is 79.9. The number of hydrogen-bond acceptors (Lipinski definition) is 6. The molecular weight excluding hydrogens is 622 g/mol. The SMILES string of the molecule is CCOC(=O)COc1c(Br)cc(C=Nn2c([C@@H](C)CC)nc3ccc(Br)cc3c2=O)cc1Br. The molecule has 1 heterocycles. The van der Waals surface area contributed by atoms with Crippen molar-refractivity contribution in [2.45, 2.75) is 33.1 Å². The third-order valence-corrected chi connectivity index (χ3v) is 6.54. The molecule has 0 radical (unpaired) electrons. The molecule has 0 bridgehead atoms. The van der Waals surface area contributed by atoms with Gasteiger partial charge in [0.05, 0.1) is 32.7 Å². The Balaban J connectivity index is 1.99. The first kappa shape index (κ1) is 25.6. The number of aromatic nitrogens is 2. The number of fused-ring (bicyclic) bond motifs is 1. The number of nitrogens with zero attached hydrogens (tertiary/aromatic N) is 3. The number of carbonyl (C=O) groups excluding carboxylic acids is 1. The predicted molar refractivity (Wildman–Crippen MR) is 139 cm³/mol. The predicted octanol–water partition coefficient (Wildman–Crippen LogP) is 6.02. The first-order valence-corrected chi connectivity index (χ1v) is 12.7. The zero-order valence-corrected chi connectivity index (χ0v) is 23.0. The monoisotopic (exact) mass is 641 g/mol. The summed E-state index contributed by atoms with van der Waals surface area (Å²) < 4.78 is 13.8. The van der Waals surface area contributed by atoms with E-state index in [0.29, 0.717) is 43.6 Å². The van der Waals surface area contributed by atoms with Gasteiger partial charge in [-0.25, -0.2) is 9.78 Å². The third-order valence-electron chi connectivity index (χ3n) is 4.87. The lowest BCUT2D eigenvalue weighted by Crippen LogP contribution is -2.23. The highest BCUT2D eigenvalue weighted by Crippen LogP contribution is 2.34. The zero-order valence-electron chi connectivity index (χ0n) is 18.3. The second-order valence-corrected chi connectivity index (χ2v) is 9.83. The topological polar surface area (TPSA) is 82.8 Å². The summed E-state index contributed by atoms with van der Waals surface area (Å²) in [4.78, 5) is 29.5. The standard InChI is InChI=1S/C23H22Br3N3O4/c1-4-13(3)22-28-19-7-6-15(24)10-16(19)23(31)29(22)27-11-14-8-17(25)21(18(26)9-14)33-12-20(30)32-5-2/h6-11,13H,4-5,12H2,1-3H3/t13-/m0/s1. The van der Waals surface area contributed by atoms with Crippen LogP contribution in [0.1, 0.15) is 44.5 Å². The number of ether oxygens (including phenoxy) is 2. The van der Waals surface area contributed by atoms with Gasteiger partial charge in [0.25, 0.3) is 5.56 Å². The van der Waals surface area contributed by atoms with E-state index in [0.717, 1.165) is 10.9 Å². The number of rotatable bonds is 8. The molecule has 0 N–H and O–H groups in total. The fraction of sp³-hybridized carbons (Fsp3) is 0.304. The van der Waals surface area contributed by atoms with Gasteiger partial charge < -0.3 is 9.47 Å². The minimum absolute atomic E-state index is 0.0417. The van der Waals surface area contributed by atoms with Crippen molar-refractivity contribution in [3.63, 3.8) is 0 Å². The minimum atomic E-state index is -0.450. The molecule has 33 heavy (non-hydrogen) atoms. The summed E-state index contributed by atoms with van der Waals surface area (Å²) in [7, 11) is 0. The fourth-order valence-corrected chi connectivity index (χ4v) is 4.84. The summed E-state index contributed by atoms with van der Waals surface area (Å²) in [5.74, 6) is 0.658. The van der Waals surface area contributed by atoms with Gasteiger partial charge in [-0.2, -0.15) is 9.78 Å². The van der Waals surface area contributed by atoms with Crippen molar-refractivity contribution in [3.05, 3.63) is 65.5 Å². The van der Waals surface area contributed by atoms with Crippen LogP contribution < -0.4 is 10.3 Å². The van der Waals surface area contributed by atoms with Crippen molar-refractivity contribution >= 4 is 70.9 Å². The van der Waals surface area contributed by atoms with Crippen LogP contribution >= 0.6 is 47.8 Å². The molecule has 0 aliphatic rings. The van der Waals surface area contributed by atoms with Crippen molar-refractivity contribution < 1.29 is 14.3 Å². The first-order chi connectivity index (χ1) is 15.7. The van der Waals surface area contributed by atoms with Gasteiger partial charge >= 0.3 is 5.97 Å². The van der Waals surface area contributed by atoms with Crippen molar-refractivity contribution in [1.82, 2.24) is 9.66 Å². The van der Waals surface area contributed by atoms with Crippen LogP contribution in [0.4, 0.5) is 0 Å². The van der Waals surface area contributed by atoms with E-state index in [2.05, 4.69) is 52.9 Å². The van der Waals surface area contributed by atoms with Crippen LogP contribution in [0.25, 0.3) is 10.9 Å². The maximum atomic E-state index is 13.2. The molecule has 3 aromatic rings. The smallest absolute Gasteiger partial charge is 0.344 e.